The lowest BCUT2D eigenvalue weighted by Crippen LogP contribution is -2.48. The van der Waals surface area contributed by atoms with Gasteiger partial charge < -0.3 is 9.64 Å². The number of ketones is 1. The van der Waals surface area contributed by atoms with Gasteiger partial charge in [-0.05, 0) is 27.2 Å². The summed E-state index contributed by atoms with van der Waals surface area (Å²) in [7, 11) is 3.66. The van der Waals surface area contributed by atoms with Crippen molar-refractivity contribution in [3.8, 4) is 0 Å². The molecular weight excluding hydrogens is 256 g/mol. The number of piperidine rings is 1. The molecule has 1 aliphatic heterocycles. The Morgan fingerprint density at radius 2 is 1.90 bits per heavy atom. The number of amides is 1. The number of hydrogen-bond acceptors (Lipinski definition) is 4. The Morgan fingerprint density at radius 3 is 2.35 bits per heavy atom. The molecule has 0 aliphatic carbocycles. The van der Waals surface area contributed by atoms with Gasteiger partial charge in [-0.25, -0.2) is 4.79 Å². The van der Waals surface area contributed by atoms with Crippen LogP contribution in [-0.2, 0) is 9.53 Å². The van der Waals surface area contributed by atoms with Gasteiger partial charge in [0, 0.05) is 32.3 Å². The molecule has 0 aromatic carbocycles. The average Bonchev–Trinajstić information content (AvgIpc) is 2.21. The highest BCUT2D eigenvalue weighted by atomic mass is 16.6. The molecule has 1 fully saturated rings. The number of nitrogens with zero attached hydrogens (tertiary/aromatic N) is 2. The fraction of sp³-hybridized carbons (Fsp3) is 0.733. The zero-order chi connectivity index (χ0) is 15.7. The molecule has 0 aromatic heterocycles. The minimum atomic E-state index is -0.573. The molecule has 1 saturated heterocycles. The molecular formula is C15H26N2O3. The van der Waals surface area contributed by atoms with Crippen molar-refractivity contribution in [2.75, 3.05) is 20.6 Å². The predicted molar refractivity (Wildman–Crippen MR) is 78.1 cm³/mol. The van der Waals surface area contributed by atoms with E-state index in [0.717, 1.165) is 0 Å². The summed E-state index contributed by atoms with van der Waals surface area (Å²) in [6.45, 7) is 9.76. The Hall–Kier alpha value is -1.52. The van der Waals surface area contributed by atoms with Crippen molar-refractivity contribution in [3.05, 3.63) is 11.9 Å². The van der Waals surface area contributed by atoms with E-state index in [2.05, 4.69) is 0 Å². The topological polar surface area (TPSA) is 49.9 Å². The Labute approximate surface area is 121 Å². The molecule has 1 rings (SSSR count). The third-order valence-electron chi connectivity index (χ3n) is 3.09. The molecule has 0 bridgehead atoms. The smallest absolute Gasteiger partial charge is 0.414 e. The van der Waals surface area contributed by atoms with Crippen molar-refractivity contribution in [1.82, 2.24) is 9.80 Å². The number of hydrogen-bond donors (Lipinski definition) is 0. The molecule has 1 aliphatic rings. The van der Waals surface area contributed by atoms with Crippen molar-refractivity contribution in [3.63, 3.8) is 0 Å². The lowest BCUT2D eigenvalue weighted by Gasteiger charge is -2.38. The van der Waals surface area contributed by atoms with E-state index in [1.54, 1.807) is 11.1 Å². The zero-order valence-electron chi connectivity index (χ0n) is 13.6. The minimum absolute atomic E-state index is 0.0247. The van der Waals surface area contributed by atoms with E-state index >= 15 is 0 Å². The summed E-state index contributed by atoms with van der Waals surface area (Å²) < 4.78 is 5.38. The van der Waals surface area contributed by atoms with E-state index in [4.69, 9.17) is 4.74 Å². The monoisotopic (exact) mass is 282 g/mol. The fourth-order valence-electron chi connectivity index (χ4n) is 1.97. The average molecular weight is 282 g/mol. The summed E-state index contributed by atoms with van der Waals surface area (Å²) in [6.07, 6.45) is 1.86. The maximum atomic E-state index is 12.5. The van der Waals surface area contributed by atoms with Gasteiger partial charge in [0.15, 0.2) is 5.78 Å². The van der Waals surface area contributed by atoms with Crippen LogP contribution in [0.4, 0.5) is 4.79 Å². The standard InChI is InChI=1S/C15H26N2O3/c1-14(2,3)20-13(19)17-9-8-15(4,5)12(18)11(17)10-16(6)7/h10H,8-9H2,1-7H3. The maximum absolute atomic E-state index is 12.5. The molecule has 1 amide bonds. The molecule has 0 unspecified atom stereocenters. The maximum Gasteiger partial charge on any atom is 0.414 e. The van der Waals surface area contributed by atoms with Gasteiger partial charge in [-0.3, -0.25) is 9.69 Å². The van der Waals surface area contributed by atoms with Crippen LogP contribution in [0.15, 0.2) is 11.9 Å². The lowest BCUT2D eigenvalue weighted by atomic mass is 9.80. The minimum Gasteiger partial charge on any atom is -0.443 e. The summed E-state index contributed by atoms with van der Waals surface area (Å²) in [6, 6.07) is 0. The highest BCUT2D eigenvalue weighted by Crippen LogP contribution is 2.33. The predicted octanol–water partition coefficient (Wildman–Crippen LogP) is 2.63. The molecule has 0 spiro atoms. The highest BCUT2D eigenvalue weighted by molar-refractivity contribution is 6.02. The van der Waals surface area contributed by atoms with Crippen molar-refractivity contribution in [2.45, 2.75) is 46.6 Å². The summed E-state index contributed by atoms with van der Waals surface area (Å²) in [4.78, 5) is 28.0. The number of rotatable bonds is 1. The van der Waals surface area contributed by atoms with Gasteiger partial charge in [0.05, 0.1) is 0 Å². The van der Waals surface area contributed by atoms with Crippen LogP contribution in [0.5, 0.6) is 0 Å². The second-order valence-electron chi connectivity index (χ2n) is 7.07. The van der Waals surface area contributed by atoms with Gasteiger partial charge in [0.2, 0.25) is 0 Å². The summed E-state index contributed by atoms with van der Waals surface area (Å²) in [5, 5.41) is 0. The van der Waals surface area contributed by atoms with Gasteiger partial charge in [0.25, 0.3) is 0 Å². The first kappa shape index (κ1) is 16.5. The number of Topliss-reactive ketones (excluding diaryl/α,β-unsaturated/α-hetero) is 1. The Kier molecular flexibility index (Phi) is 4.52. The van der Waals surface area contributed by atoms with Gasteiger partial charge in [-0.15, -0.1) is 0 Å². The number of carbonyl (C=O) groups excluding carboxylic acids is 2. The third kappa shape index (κ3) is 3.99. The molecule has 0 saturated carbocycles. The largest absolute Gasteiger partial charge is 0.443 e. The number of carbonyl (C=O) groups is 2. The van der Waals surface area contributed by atoms with Crippen molar-refractivity contribution in [2.24, 2.45) is 5.41 Å². The van der Waals surface area contributed by atoms with Crippen LogP contribution in [0.25, 0.3) is 0 Å². The number of ether oxygens (including phenoxy) is 1. The molecule has 0 radical (unpaired) electrons. The Balaban J connectivity index is 3.06. The van der Waals surface area contributed by atoms with Crippen LogP contribution in [0.3, 0.4) is 0 Å². The Morgan fingerprint density at radius 1 is 1.35 bits per heavy atom. The van der Waals surface area contributed by atoms with Crippen LogP contribution in [0, 0.1) is 5.41 Å². The van der Waals surface area contributed by atoms with Crippen LogP contribution < -0.4 is 0 Å². The van der Waals surface area contributed by atoms with Gasteiger partial charge in [-0.2, -0.15) is 0 Å². The molecule has 114 valence electrons. The lowest BCUT2D eigenvalue weighted by molar-refractivity contribution is -0.127. The van der Waals surface area contributed by atoms with Gasteiger partial charge in [-0.1, -0.05) is 13.8 Å². The van der Waals surface area contributed by atoms with Crippen LogP contribution >= 0.6 is 0 Å². The normalized spacial score (nSPS) is 21.1. The van der Waals surface area contributed by atoms with E-state index in [0.29, 0.717) is 18.7 Å². The first-order chi connectivity index (χ1) is 8.94. The fourth-order valence-corrected chi connectivity index (χ4v) is 1.97. The summed E-state index contributed by atoms with van der Waals surface area (Å²) in [5.74, 6) is -0.0247. The first-order valence-corrected chi connectivity index (χ1v) is 6.87. The second kappa shape index (κ2) is 5.46. The molecule has 20 heavy (non-hydrogen) atoms. The van der Waals surface area contributed by atoms with Crippen molar-refractivity contribution in [1.29, 1.82) is 0 Å². The summed E-state index contributed by atoms with van der Waals surface area (Å²) >= 11 is 0. The molecule has 1 heterocycles. The van der Waals surface area contributed by atoms with Gasteiger partial charge >= 0.3 is 6.09 Å². The SMILES string of the molecule is CN(C)C=C1C(=O)C(C)(C)CCN1C(=O)OC(C)(C)C. The quantitative estimate of drug-likeness (QED) is 0.694. The number of allylic oxidation sites excluding steroid dienone is 1. The Bertz CT molecular complexity index is 431. The number of likely N-dealkylation sites (tertiary alicyclic amines) is 1. The molecule has 5 heteroatoms. The van der Waals surface area contributed by atoms with E-state index < -0.39 is 17.1 Å². The van der Waals surface area contributed by atoms with E-state index in [9.17, 15) is 9.59 Å². The third-order valence-corrected chi connectivity index (χ3v) is 3.09. The molecule has 5 nitrogen and oxygen atoms in total. The summed E-state index contributed by atoms with van der Waals surface area (Å²) in [5.41, 5.74) is -0.614. The van der Waals surface area contributed by atoms with E-state index in [1.807, 2.05) is 48.7 Å². The zero-order valence-corrected chi connectivity index (χ0v) is 13.6. The van der Waals surface area contributed by atoms with Gasteiger partial charge in [0.1, 0.15) is 11.3 Å². The van der Waals surface area contributed by atoms with Crippen LogP contribution in [0.1, 0.15) is 41.0 Å². The van der Waals surface area contributed by atoms with Crippen molar-refractivity contribution < 1.29 is 14.3 Å². The first-order valence-electron chi connectivity index (χ1n) is 6.87. The highest BCUT2D eigenvalue weighted by Gasteiger charge is 2.41. The van der Waals surface area contributed by atoms with E-state index in [1.165, 1.54) is 4.90 Å². The van der Waals surface area contributed by atoms with Crippen LogP contribution in [0.2, 0.25) is 0 Å². The molecule has 0 N–H and O–H groups in total. The molecule has 0 aromatic rings. The molecule has 0 atom stereocenters. The van der Waals surface area contributed by atoms with Crippen molar-refractivity contribution >= 4 is 11.9 Å². The van der Waals surface area contributed by atoms with E-state index in [-0.39, 0.29) is 5.78 Å². The second-order valence-corrected chi connectivity index (χ2v) is 7.07. The van der Waals surface area contributed by atoms with Crippen LogP contribution in [-0.4, -0.2) is 47.9 Å².